The molecular weight excluding hydrogens is 470 g/mol. The number of likely N-dealkylation sites (tertiary alicyclic amines) is 1. The van der Waals surface area contributed by atoms with Gasteiger partial charge in [-0.3, -0.25) is 14.4 Å². The lowest BCUT2D eigenvalue weighted by Gasteiger charge is -2.36. The smallest absolute Gasteiger partial charge is 0.250 e. The summed E-state index contributed by atoms with van der Waals surface area (Å²) in [6, 6.07) is 5.10. The zero-order valence-electron chi connectivity index (χ0n) is 22.9. The number of hydrogen-bond acceptors (Lipinski definition) is 5. The Morgan fingerprint density at radius 3 is 2.59 bits per heavy atom. The molecule has 3 aliphatic rings. The van der Waals surface area contributed by atoms with Gasteiger partial charge in [-0.05, 0) is 69.6 Å². The number of carbonyl (C=O) groups is 3. The van der Waals surface area contributed by atoms with Gasteiger partial charge in [-0.15, -0.1) is 0 Å². The summed E-state index contributed by atoms with van der Waals surface area (Å²) in [7, 11) is 0. The molecule has 1 spiro atoms. The van der Waals surface area contributed by atoms with E-state index in [0.29, 0.717) is 19.5 Å². The van der Waals surface area contributed by atoms with Gasteiger partial charge in [0, 0.05) is 25.4 Å². The molecule has 1 aromatic rings. The first-order valence-electron chi connectivity index (χ1n) is 13.9. The van der Waals surface area contributed by atoms with Crippen molar-refractivity contribution in [3.8, 4) is 0 Å². The fourth-order valence-corrected chi connectivity index (χ4v) is 6.86. The van der Waals surface area contributed by atoms with Crippen LogP contribution < -0.4 is 10.6 Å². The van der Waals surface area contributed by atoms with Crippen LogP contribution in [0.25, 0.3) is 0 Å². The SMILES string of the molecule is CCCNC(=O)[C@H]1[C@H]2C(=O)N(CCCCCCO)C(C(=O)Nc3cc(C)ccc3C)C23CC(C)[C@]1(C)O3. The second kappa shape index (κ2) is 10.7. The second-order valence-electron chi connectivity index (χ2n) is 11.5. The zero-order valence-corrected chi connectivity index (χ0v) is 22.9. The van der Waals surface area contributed by atoms with E-state index in [0.717, 1.165) is 48.9 Å². The number of amides is 3. The number of aliphatic hydroxyl groups excluding tert-OH is 1. The molecule has 6 atom stereocenters. The van der Waals surface area contributed by atoms with E-state index in [1.165, 1.54) is 0 Å². The van der Waals surface area contributed by atoms with Gasteiger partial charge in [0.15, 0.2) is 0 Å². The third-order valence-electron chi connectivity index (χ3n) is 8.85. The van der Waals surface area contributed by atoms with Crippen molar-refractivity contribution in [1.82, 2.24) is 10.2 Å². The van der Waals surface area contributed by atoms with Gasteiger partial charge in [0.1, 0.15) is 11.6 Å². The largest absolute Gasteiger partial charge is 0.396 e. The van der Waals surface area contributed by atoms with Crippen LogP contribution in [0.1, 0.15) is 70.4 Å². The monoisotopic (exact) mass is 513 g/mol. The molecule has 4 rings (SSSR count). The van der Waals surface area contributed by atoms with Crippen molar-refractivity contribution in [1.29, 1.82) is 0 Å². The molecule has 3 heterocycles. The second-order valence-corrected chi connectivity index (χ2v) is 11.5. The summed E-state index contributed by atoms with van der Waals surface area (Å²) in [5.74, 6) is -1.87. The number of carbonyl (C=O) groups excluding carboxylic acids is 3. The topological polar surface area (TPSA) is 108 Å². The Balaban J connectivity index is 1.69. The van der Waals surface area contributed by atoms with E-state index in [1.54, 1.807) is 4.90 Å². The van der Waals surface area contributed by atoms with Crippen molar-refractivity contribution in [3.63, 3.8) is 0 Å². The Hall–Kier alpha value is -2.45. The van der Waals surface area contributed by atoms with Crippen LogP contribution in [0.4, 0.5) is 5.69 Å². The third kappa shape index (κ3) is 4.67. The number of fused-ring (bicyclic) bond motifs is 1. The van der Waals surface area contributed by atoms with Crippen molar-refractivity contribution < 1.29 is 24.2 Å². The van der Waals surface area contributed by atoms with Crippen molar-refractivity contribution in [2.75, 3.05) is 25.0 Å². The number of nitrogens with one attached hydrogen (secondary N) is 2. The number of ether oxygens (including phenoxy) is 1. The quantitative estimate of drug-likeness (QED) is 0.394. The van der Waals surface area contributed by atoms with Gasteiger partial charge in [0.25, 0.3) is 0 Å². The minimum absolute atomic E-state index is 0.0226. The summed E-state index contributed by atoms with van der Waals surface area (Å²) in [5.41, 5.74) is 0.869. The van der Waals surface area contributed by atoms with E-state index in [-0.39, 0.29) is 30.2 Å². The number of anilines is 1. The summed E-state index contributed by atoms with van der Waals surface area (Å²) in [6.45, 7) is 11.0. The van der Waals surface area contributed by atoms with Gasteiger partial charge < -0.3 is 25.4 Å². The van der Waals surface area contributed by atoms with Crippen LogP contribution in [0.3, 0.4) is 0 Å². The number of aliphatic hydroxyl groups is 1. The van der Waals surface area contributed by atoms with E-state index in [2.05, 4.69) is 17.6 Å². The van der Waals surface area contributed by atoms with Crippen LogP contribution in [0.5, 0.6) is 0 Å². The highest BCUT2D eigenvalue weighted by molar-refractivity contribution is 6.04. The maximum atomic E-state index is 14.1. The van der Waals surface area contributed by atoms with Crippen molar-refractivity contribution in [3.05, 3.63) is 29.3 Å². The minimum Gasteiger partial charge on any atom is -0.396 e. The maximum absolute atomic E-state index is 14.1. The Labute approximate surface area is 220 Å². The number of unbranched alkanes of at least 4 members (excludes halogenated alkanes) is 3. The first kappa shape index (κ1) is 27.6. The summed E-state index contributed by atoms with van der Waals surface area (Å²) >= 11 is 0. The van der Waals surface area contributed by atoms with Gasteiger partial charge >= 0.3 is 0 Å². The molecule has 8 nitrogen and oxygen atoms in total. The van der Waals surface area contributed by atoms with Gasteiger partial charge in [-0.2, -0.15) is 0 Å². The van der Waals surface area contributed by atoms with Gasteiger partial charge in [-0.1, -0.05) is 38.8 Å². The maximum Gasteiger partial charge on any atom is 0.250 e. The average Bonchev–Trinajstić information content (AvgIpc) is 3.36. The fourth-order valence-electron chi connectivity index (χ4n) is 6.86. The molecule has 8 heteroatoms. The molecule has 3 fully saturated rings. The van der Waals surface area contributed by atoms with E-state index >= 15 is 0 Å². The highest BCUT2D eigenvalue weighted by atomic mass is 16.5. The van der Waals surface area contributed by atoms with Crippen molar-refractivity contribution in [2.45, 2.75) is 90.4 Å². The normalized spacial score (nSPS) is 32.1. The molecule has 3 aliphatic heterocycles. The van der Waals surface area contributed by atoms with E-state index in [1.807, 2.05) is 45.9 Å². The highest BCUT2D eigenvalue weighted by Gasteiger charge is 2.79. The fraction of sp³-hybridized carbons (Fsp3) is 0.690. The van der Waals surface area contributed by atoms with E-state index in [9.17, 15) is 14.4 Å². The molecule has 3 saturated heterocycles. The van der Waals surface area contributed by atoms with Crippen LogP contribution in [0.15, 0.2) is 18.2 Å². The summed E-state index contributed by atoms with van der Waals surface area (Å²) in [6.07, 6.45) is 4.51. The third-order valence-corrected chi connectivity index (χ3v) is 8.85. The summed E-state index contributed by atoms with van der Waals surface area (Å²) in [4.78, 5) is 43.2. The zero-order chi connectivity index (χ0) is 27.0. The van der Waals surface area contributed by atoms with E-state index < -0.39 is 29.1 Å². The van der Waals surface area contributed by atoms with Crippen LogP contribution in [0, 0.1) is 31.6 Å². The standard InChI is InChI=1S/C29H43N3O5/c1-6-13-30-25(34)22-23-27(36)32(14-9-7-8-10-15-33)24(29(23)17-20(4)28(22,5)37-29)26(35)31-21-16-18(2)11-12-19(21)3/h11-12,16,20,22-24,33H,6-10,13-15,17H2,1-5H3,(H,30,34)(H,31,35)/t20?,22-,23+,24?,28+,29?/m1/s1. The predicted octanol–water partition coefficient (Wildman–Crippen LogP) is 3.33. The van der Waals surface area contributed by atoms with Gasteiger partial charge in [0.05, 0.1) is 17.4 Å². The Bertz CT molecular complexity index is 1040. The Kier molecular flexibility index (Phi) is 8.00. The highest BCUT2D eigenvalue weighted by Crippen LogP contribution is 2.65. The summed E-state index contributed by atoms with van der Waals surface area (Å²) < 4.78 is 6.75. The molecule has 0 aromatic heterocycles. The lowest BCUT2D eigenvalue weighted by molar-refractivity contribution is -0.146. The van der Waals surface area contributed by atoms with Crippen LogP contribution in [-0.2, 0) is 19.1 Å². The van der Waals surface area contributed by atoms with Gasteiger partial charge in [0.2, 0.25) is 17.7 Å². The lowest BCUT2D eigenvalue weighted by atomic mass is 9.62. The Morgan fingerprint density at radius 1 is 1.16 bits per heavy atom. The lowest BCUT2D eigenvalue weighted by Crippen LogP contribution is -2.54. The van der Waals surface area contributed by atoms with Crippen LogP contribution >= 0.6 is 0 Å². The van der Waals surface area contributed by atoms with Crippen molar-refractivity contribution >= 4 is 23.4 Å². The minimum atomic E-state index is -1.04. The van der Waals surface area contributed by atoms with Crippen LogP contribution in [-0.4, -0.2) is 64.7 Å². The first-order valence-corrected chi connectivity index (χ1v) is 13.9. The molecule has 3 amide bonds. The van der Waals surface area contributed by atoms with E-state index in [4.69, 9.17) is 9.84 Å². The summed E-state index contributed by atoms with van der Waals surface area (Å²) in [5, 5.41) is 15.2. The molecule has 0 aliphatic carbocycles. The molecule has 1 aromatic carbocycles. The molecule has 3 N–H and O–H groups in total. The molecule has 3 unspecified atom stereocenters. The van der Waals surface area contributed by atoms with Gasteiger partial charge in [-0.25, -0.2) is 0 Å². The molecule has 37 heavy (non-hydrogen) atoms. The molecule has 2 bridgehead atoms. The first-order chi connectivity index (χ1) is 17.6. The van der Waals surface area contributed by atoms with Crippen LogP contribution in [0.2, 0.25) is 0 Å². The average molecular weight is 514 g/mol. The molecule has 204 valence electrons. The predicted molar refractivity (Wildman–Crippen MR) is 142 cm³/mol. The number of hydrogen-bond donors (Lipinski definition) is 3. The molecule has 0 saturated carbocycles. The Morgan fingerprint density at radius 2 is 1.89 bits per heavy atom. The number of aryl methyl sites for hydroxylation is 2. The van der Waals surface area contributed by atoms with Crippen molar-refractivity contribution in [2.24, 2.45) is 17.8 Å². The number of nitrogens with zero attached hydrogens (tertiary/aromatic N) is 1. The number of benzene rings is 1. The molecular formula is C29H43N3O5. The molecule has 0 radical (unpaired) electrons. The number of rotatable bonds is 11.